The first-order valence-corrected chi connectivity index (χ1v) is 6.71. The normalized spacial score (nSPS) is 10.6. The van der Waals surface area contributed by atoms with E-state index in [4.69, 9.17) is 0 Å². The van der Waals surface area contributed by atoms with Gasteiger partial charge in [-0.15, -0.1) is 0 Å². The van der Waals surface area contributed by atoms with Gasteiger partial charge in [0.15, 0.2) is 0 Å². The molecule has 0 radical (unpaired) electrons. The maximum atomic E-state index is 12.2. The number of benzene rings is 1. The summed E-state index contributed by atoms with van der Waals surface area (Å²) in [7, 11) is 0. The summed E-state index contributed by atoms with van der Waals surface area (Å²) in [6.45, 7) is 4.71. The molecule has 2 rings (SSSR count). The van der Waals surface area contributed by atoms with Gasteiger partial charge in [-0.1, -0.05) is 35.9 Å². The zero-order chi connectivity index (χ0) is 13.1. The molecule has 0 atom stereocenters. The van der Waals surface area contributed by atoms with Crippen LogP contribution in [0.15, 0.2) is 41.2 Å². The average molecular weight is 259 g/mol. The highest BCUT2D eigenvalue weighted by Gasteiger charge is 2.08. The van der Waals surface area contributed by atoms with Gasteiger partial charge in [-0.25, -0.2) is 0 Å². The van der Waals surface area contributed by atoms with Crippen LogP contribution in [0.1, 0.15) is 18.1 Å². The molecule has 0 unspecified atom stereocenters. The number of hydrogen-bond donors (Lipinski definition) is 1. The fraction of sp³-hybridized carbons (Fsp3) is 0.267. The number of nitrogens with zero attached hydrogens (tertiary/aromatic N) is 1. The van der Waals surface area contributed by atoms with E-state index >= 15 is 0 Å². The van der Waals surface area contributed by atoms with E-state index in [9.17, 15) is 4.79 Å². The van der Waals surface area contributed by atoms with Crippen molar-refractivity contribution in [3.8, 4) is 11.3 Å². The molecule has 0 fully saturated rings. The van der Waals surface area contributed by atoms with Crippen molar-refractivity contribution in [2.45, 2.75) is 26.1 Å². The van der Waals surface area contributed by atoms with Crippen LogP contribution in [0, 0.1) is 6.92 Å². The first-order chi connectivity index (χ1) is 8.67. The van der Waals surface area contributed by atoms with Crippen LogP contribution in [0.4, 0.5) is 0 Å². The van der Waals surface area contributed by atoms with Crippen LogP contribution in [0.3, 0.4) is 0 Å². The Morgan fingerprint density at radius 1 is 1.11 bits per heavy atom. The molecule has 1 aromatic carbocycles. The minimum Gasteiger partial charge on any atom is -0.308 e. The summed E-state index contributed by atoms with van der Waals surface area (Å²) in [6.07, 6.45) is 0. The molecular formula is C15H17NOS. The van der Waals surface area contributed by atoms with Gasteiger partial charge in [0.1, 0.15) is 0 Å². The lowest BCUT2D eigenvalue weighted by Crippen LogP contribution is -2.23. The summed E-state index contributed by atoms with van der Waals surface area (Å²) in [5, 5.41) is 0. The first-order valence-electron chi connectivity index (χ1n) is 6.08. The molecule has 18 heavy (non-hydrogen) atoms. The van der Waals surface area contributed by atoms with E-state index in [-0.39, 0.29) is 5.56 Å². The van der Waals surface area contributed by atoms with Gasteiger partial charge in [0.2, 0.25) is 0 Å². The quantitative estimate of drug-likeness (QED) is 0.840. The molecule has 0 spiro atoms. The van der Waals surface area contributed by atoms with Crippen LogP contribution in [0.5, 0.6) is 0 Å². The molecule has 0 saturated heterocycles. The number of pyridine rings is 1. The largest absolute Gasteiger partial charge is 0.308 e. The highest BCUT2D eigenvalue weighted by atomic mass is 32.1. The Bertz CT molecular complexity index is 599. The van der Waals surface area contributed by atoms with Gasteiger partial charge in [-0.3, -0.25) is 4.79 Å². The number of hydrogen-bond acceptors (Lipinski definition) is 2. The molecule has 0 aliphatic carbocycles. The van der Waals surface area contributed by atoms with Crippen LogP contribution in [0.2, 0.25) is 0 Å². The third kappa shape index (κ3) is 2.36. The number of aromatic nitrogens is 1. The molecule has 0 saturated carbocycles. The Labute approximate surface area is 113 Å². The molecule has 0 amide bonds. The fourth-order valence-electron chi connectivity index (χ4n) is 2.03. The molecular weight excluding hydrogens is 242 g/mol. The van der Waals surface area contributed by atoms with Crippen LogP contribution in [-0.4, -0.2) is 4.57 Å². The van der Waals surface area contributed by atoms with Crippen molar-refractivity contribution in [3.63, 3.8) is 0 Å². The van der Waals surface area contributed by atoms with Crippen molar-refractivity contribution in [1.82, 2.24) is 4.57 Å². The Kier molecular flexibility index (Phi) is 3.92. The standard InChI is InChI=1S/C15H17NOS/c1-3-16-14(9-8-13(10-18)15(16)17)12-6-4-11(2)5-7-12/h4-9,18H,3,10H2,1-2H3. The van der Waals surface area contributed by atoms with Crippen molar-refractivity contribution in [1.29, 1.82) is 0 Å². The lowest BCUT2D eigenvalue weighted by Gasteiger charge is -2.12. The van der Waals surface area contributed by atoms with Gasteiger partial charge in [-0.05, 0) is 25.5 Å². The SMILES string of the molecule is CCn1c(-c2ccc(C)cc2)ccc(CS)c1=O. The van der Waals surface area contributed by atoms with Crippen molar-refractivity contribution >= 4 is 12.6 Å². The Hall–Kier alpha value is -1.48. The molecule has 0 bridgehead atoms. The van der Waals surface area contributed by atoms with E-state index in [2.05, 4.69) is 43.8 Å². The molecule has 0 N–H and O–H groups in total. The maximum Gasteiger partial charge on any atom is 0.255 e. The molecule has 1 heterocycles. The average Bonchev–Trinajstić information content (AvgIpc) is 2.39. The van der Waals surface area contributed by atoms with Crippen LogP contribution >= 0.6 is 12.6 Å². The van der Waals surface area contributed by atoms with E-state index in [1.807, 2.05) is 19.1 Å². The van der Waals surface area contributed by atoms with Crippen molar-refractivity contribution in [2.75, 3.05) is 0 Å². The van der Waals surface area contributed by atoms with Gasteiger partial charge in [0, 0.05) is 17.9 Å². The topological polar surface area (TPSA) is 22.0 Å². The summed E-state index contributed by atoms with van der Waals surface area (Å²) >= 11 is 4.19. The summed E-state index contributed by atoms with van der Waals surface area (Å²) in [5.41, 5.74) is 4.07. The van der Waals surface area contributed by atoms with Gasteiger partial charge in [0.05, 0.1) is 5.69 Å². The Morgan fingerprint density at radius 2 is 1.78 bits per heavy atom. The van der Waals surface area contributed by atoms with Crippen molar-refractivity contribution < 1.29 is 0 Å². The minimum absolute atomic E-state index is 0.0607. The lowest BCUT2D eigenvalue weighted by molar-refractivity contribution is 0.729. The molecule has 0 aliphatic heterocycles. The summed E-state index contributed by atoms with van der Waals surface area (Å²) in [6, 6.07) is 12.1. The zero-order valence-electron chi connectivity index (χ0n) is 10.7. The first kappa shape index (κ1) is 13.0. The smallest absolute Gasteiger partial charge is 0.255 e. The maximum absolute atomic E-state index is 12.2. The van der Waals surface area contributed by atoms with E-state index in [0.717, 1.165) is 16.8 Å². The molecule has 2 aromatic rings. The molecule has 0 aliphatic rings. The van der Waals surface area contributed by atoms with E-state index in [0.29, 0.717) is 12.3 Å². The highest BCUT2D eigenvalue weighted by molar-refractivity contribution is 7.79. The molecule has 2 nitrogen and oxygen atoms in total. The van der Waals surface area contributed by atoms with Crippen LogP contribution < -0.4 is 5.56 Å². The molecule has 1 aromatic heterocycles. The predicted octanol–water partition coefficient (Wildman–Crippen LogP) is 3.27. The zero-order valence-corrected chi connectivity index (χ0v) is 11.6. The third-order valence-corrected chi connectivity index (χ3v) is 3.43. The summed E-state index contributed by atoms with van der Waals surface area (Å²) < 4.78 is 1.80. The monoisotopic (exact) mass is 259 g/mol. The lowest BCUT2D eigenvalue weighted by atomic mass is 10.1. The van der Waals surface area contributed by atoms with Gasteiger partial charge >= 0.3 is 0 Å². The van der Waals surface area contributed by atoms with Crippen molar-refractivity contribution in [2.24, 2.45) is 0 Å². The highest BCUT2D eigenvalue weighted by Crippen LogP contribution is 2.19. The second-order valence-corrected chi connectivity index (χ2v) is 4.63. The van der Waals surface area contributed by atoms with E-state index in [1.165, 1.54) is 5.56 Å². The molecule has 94 valence electrons. The van der Waals surface area contributed by atoms with Gasteiger partial charge in [0.25, 0.3) is 5.56 Å². The van der Waals surface area contributed by atoms with Gasteiger partial charge < -0.3 is 4.57 Å². The number of aryl methyl sites for hydroxylation is 1. The number of rotatable bonds is 3. The van der Waals surface area contributed by atoms with Gasteiger partial charge in [-0.2, -0.15) is 12.6 Å². The Balaban J connectivity index is 2.61. The number of thiol groups is 1. The molecule has 3 heteroatoms. The second kappa shape index (κ2) is 5.44. The predicted molar refractivity (Wildman–Crippen MR) is 79.2 cm³/mol. The third-order valence-electron chi connectivity index (χ3n) is 3.09. The van der Waals surface area contributed by atoms with E-state index < -0.39 is 0 Å². The van der Waals surface area contributed by atoms with Crippen LogP contribution in [0.25, 0.3) is 11.3 Å². The second-order valence-electron chi connectivity index (χ2n) is 4.32. The summed E-state index contributed by atoms with van der Waals surface area (Å²) in [4.78, 5) is 12.2. The Morgan fingerprint density at radius 3 is 2.33 bits per heavy atom. The fourth-order valence-corrected chi connectivity index (χ4v) is 2.27. The van der Waals surface area contributed by atoms with E-state index in [1.54, 1.807) is 4.57 Å². The van der Waals surface area contributed by atoms with Crippen LogP contribution in [-0.2, 0) is 12.3 Å². The van der Waals surface area contributed by atoms with Crippen molar-refractivity contribution in [3.05, 3.63) is 57.9 Å². The minimum atomic E-state index is 0.0607. The summed E-state index contributed by atoms with van der Waals surface area (Å²) in [5.74, 6) is 0.479.